The Balaban J connectivity index is 0.000001000. The Morgan fingerprint density at radius 2 is 1.36 bits per heavy atom. The Labute approximate surface area is 80.2 Å². The van der Waals surface area contributed by atoms with E-state index in [9.17, 15) is 0 Å². The molecule has 0 nitrogen and oxygen atoms in total. The van der Waals surface area contributed by atoms with E-state index in [0.717, 1.165) is 5.46 Å². The molecule has 2 heteroatoms. The molecule has 0 aliphatic rings. The lowest BCUT2D eigenvalue weighted by Gasteiger charge is -2.05. The summed E-state index contributed by atoms with van der Waals surface area (Å²) in [6.45, 7) is 6.16. The van der Waals surface area contributed by atoms with Crippen LogP contribution >= 0.6 is 17.0 Å². The van der Waals surface area contributed by atoms with E-state index in [2.05, 4.69) is 19.1 Å². The molecule has 1 rings (SSSR count). The van der Waals surface area contributed by atoms with Crippen LogP contribution in [0.4, 0.5) is 0 Å². The van der Waals surface area contributed by atoms with Gasteiger partial charge in [0.15, 0.2) is 0 Å². The molecule has 0 unspecified atom stereocenters. The van der Waals surface area contributed by atoms with Gasteiger partial charge in [-0.1, -0.05) is 34.3 Å². The van der Waals surface area contributed by atoms with Crippen molar-refractivity contribution in [2.45, 2.75) is 20.8 Å². The summed E-state index contributed by atoms with van der Waals surface area (Å²) in [5.74, 6) is 0. The van der Waals surface area contributed by atoms with E-state index in [1.807, 2.05) is 13.8 Å². The lowest BCUT2D eigenvalue weighted by molar-refractivity contribution is 1.35. The van der Waals surface area contributed by atoms with Crippen LogP contribution < -0.4 is 5.46 Å². The van der Waals surface area contributed by atoms with Crippen molar-refractivity contribution in [2.24, 2.45) is 0 Å². The van der Waals surface area contributed by atoms with Gasteiger partial charge in [0.2, 0.25) is 0 Å². The van der Waals surface area contributed by atoms with E-state index >= 15 is 0 Å². The molecule has 2 radical (unpaired) electrons. The van der Waals surface area contributed by atoms with Gasteiger partial charge in [-0.05, 0) is 20.8 Å². The fourth-order valence-corrected chi connectivity index (χ4v) is 1.19. The lowest BCUT2D eigenvalue weighted by Crippen LogP contribution is -2.11. The number of halogens is 1. The van der Waals surface area contributed by atoms with Gasteiger partial charge in [0.25, 0.3) is 0 Å². The summed E-state index contributed by atoms with van der Waals surface area (Å²) < 4.78 is 0. The molecule has 0 aliphatic carbocycles. The predicted octanol–water partition coefficient (Wildman–Crippen LogP) is 1.98. The van der Waals surface area contributed by atoms with Crippen molar-refractivity contribution in [2.75, 3.05) is 0 Å². The minimum atomic E-state index is 0. The van der Waals surface area contributed by atoms with Gasteiger partial charge >= 0.3 is 0 Å². The van der Waals surface area contributed by atoms with Crippen molar-refractivity contribution in [3.05, 3.63) is 28.8 Å². The molecule has 0 N–H and O–H groups in total. The summed E-state index contributed by atoms with van der Waals surface area (Å²) in [7, 11) is 5.75. The van der Waals surface area contributed by atoms with Gasteiger partial charge in [-0.25, -0.2) is 0 Å². The third-order valence-corrected chi connectivity index (χ3v) is 1.74. The molecule has 0 saturated heterocycles. The fourth-order valence-electron chi connectivity index (χ4n) is 1.19. The van der Waals surface area contributed by atoms with Crippen LogP contribution in [0.25, 0.3) is 0 Å². The average molecular weight is 211 g/mol. The molecule has 0 heterocycles. The zero-order valence-corrected chi connectivity index (χ0v) is 8.85. The normalized spacial score (nSPS) is 9.00. The fraction of sp³-hybridized carbons (Fsp3) is 0.333. The quantitative estimate of drug-likeness (QED) is 0.575. The number of rotatable bonds is 0. The highest BCUT2D eigenvalue weighted by Gasteiger charge is 1.95. The monoisotopic (exact) mass is 210 g/mol. The first-order valence-corrected chi connectivity index (χ1v) is 3.44. The van der Waals surface area contributed by atoms with E-state index in [4.69, 9.17) is 7.85 Å². The number of aryl methyl sites for hydroxylation is 3. The molecule has 0 saturated carbocycles. The SMILES string of the molecule is Br.[B]c1c(C)cc(C)cc1C. The minimum absolute atomic E-state index is 0. The molecule has 1 aromatic rings. The van der Waals surface area contributed by atoms with Gasteiger partial charge in [0, 0.05) is 0 Å². The molecule has 11 heavy (non-hydrogen) atoms. The topological polar surface area (TPSA) is 0 Å². The second-order valence-corrected chi connectivity index (χ2v) is 2.81. The van der Waals surface area contributed by atoms with Crippen LogP contribution in [0.3, 0.4) is 0 Å². The molecule has 0 spiro atoms. The third-order valence-electron chi connectivity index (χ3n) is 1.74. The van der Waals surface area contributed by atoms with Crippen molar-refractivity contribution in [3.8, 4) is 0 Å². The van der Waals surface area contributed by atoms with E-state index in [-0.39, 0.29) is 17.0 Å². The summed E-state index contributed by atoms with van der Waals surface area (Å²) in [6, 6.07) is 4.20. The van der Waals surface area contributed by atoms with Crippen LogP contribution in [-0.4, -0.2) is 7.85 Å². The van der Waals surface area contributed by atoms with E-state index in [1.165, 1.54) is 16.7 Å². The van der Waals surface area contributed by atoms with E-state index in [0.29, 0.717) is 0 Å². The molecular formula is C9H12BBr. The summed E-state index contributed by atoms with van der Waals surface area (Å²) in [5, 5.41) is 0. The van der Waals surface area contributed by atoms with Crippen LogP contribution in [0.15, 0.2) is 12.1 Å². The van der Waals surface area contributed by atoms with Crippen LogP contribution in [0.1, 0.15) is 16.7 Å². The second-order valence-electron chi connectivity index (χ2n) is 2.81. The number of hydrogen-bond acceptors (Lipinski definition) is 0. The Hall–Kier alpha value is -0.235. The zero-order valence-electron chi connectivity index (χ0n) is 7.14. The maximum atomic E-state index is 5.75. The van der Waals surface area contributed by atoms with E-state index < -0.39 is 0 Å². The van der Waals surface area contributed by atoms with Crippen LogP contribution in [0.2, 0.25) is 0 Å². The maximum absolute atomic E-state index is 5.75. The number of hydrogen-bond donors (Lipinski definition) is 0. The molecule has 1 aromatic carbocycles. The van der Waals surface area contributed by atoms with Crippen LogP contribution in [0.5, 0.6) is 0 Å². The first-order chi connectivity index (χ1) is 4.61. The second kappa shape index (κ2) is 3.96. The Kier molecular flexibility index (Phi) is 3.87. The Morgan fingerprint density at radius 1 is 1.00 bits per heavy atom. The lowest BCUT2D eigenvalue weighted by atomic mass is 9.86. The highest BCUT2D eigenvalue weighted by atomic mass is 79.9. The molecule has 58 valence electrons. The molecule has 0 bridgehead atoms. The first kappa shape index (κ1) is 10.8. The smallest absolute Gasteiger partial charge is 0.114 e. The average Bonchev–Trinajstić information content (AvgIpc) is 1.82. The molecule has 0 aromatic heterocycles. The minimum Gasteiger partial charge on any atom is -0.114 e. The highest BCUT2D eigenvalue weighted by molar-refractivity contribution is 8.93. The first-order valence-electron chi connectivity index (χ1n) is 3.44. The van der Waals surface area contributed by atoms with Gasteiger partial charge in [-0.2, -0.15) is 0 Å². The maximum Gasteiger partial charge on any atom is 0.114 e. The summed E-state index contributed by atoms with van der Waals surface area (Å²) >= 11 is 0. The van der Waals surface area contributed by atoms with Gasteiger partial charge < -0.3 is 0 Å². The van der Waals surface area contributed by atoms with Crippen molar-refractivity contribution in [1.82, 2.24) is 0 Å². The van der Waals surface area contributed by atoms with Gasteiger partial charge in [0.1, 0.15) is 7.85 Å². The van der Waals surface area contributed by atoms with Crippen LogP contribution in [-0.2, 0) is 0 Å². The van der Waals surface area contributed by atoms with Crippen molar-refractivity contribution in [1.29, 1.82) is 0 Å². The van der Waals surface area contributed by atoms with E-state index in [1.54, 1.807) is 0 Å². The van der Waals surface area contributed by atoms with Crippen molar-refractivity contribution >= 4 is 30.3 Å². The highest BCUT2D eigenvalue weighted by Crippen LogP contribution is 2.03. The van der Waals surface area contributed by atoms with Gasteiger partial charge in [-0.3, -0.25) is 0 Å². The predicted molar refractivity (Wildman–Crippen MR) is 56.4 cm³/mol. The van der Waals surface area contributed by atoms with Crippen molar-refractivity contribution in [3.63, 3.8) is 0 Å². The number of benzene rings is 1. The Bertz CT molecular complexity index is 233. The Morgan fingerprint density at radius 3 is 1.73 bits per heavy atom. The largest absolute Gasteiger partial charge is 0.114 e. The summed E-state index contributed by atoms with van der Waals surface area (Å²) in [4.78, 5) is 0. The molecule has 0 fully saturated rings. The summed E-state index contributed by atoms with van der Waals surface area (Å²) in [6.07, 6.45) is 0. The van der Waals surface area contributed by atoms with Crippen molar-refractivity contribution < 1.29 is 0 Å². The zero-order chi connectivity index (χ0) is 7.72. The molecular weight excluding hydrogens is 199 g/mol. The molecule has 0 aliphatic heterocycles. The molecule has 0 amide bonds. The van der Waals surface area contributed by atoms with Gasteiger partial charge in [0.05, 0.1) is 0 Å². The van der Waals surface area contributed by atoms with Crippen LogP contribution in [0, 0.1) is 20.8 Å². The van der Waals surface area contributed by atoms with Gasteiger partial charge in [-0.15, -0.1) is 17.0 Å². The third kappa shape index (κ3) is 2.37. The standard InChI is InChI=1S/C9H11B.BrH/c1-6-4-7(2)9(10)8(3)5-6;/h4-5H,1-3H3;1H. The summed E-state index contributed by atoms with van der Waals surface area (Å²) in [5.41, 5.74) is 4.56. The molecule has 0 atom stereocenters.